The van der Waals surface area contributed by atoms with Gasteiger partial charge in [0.05, 0.1) is 5.75 Å². The molecule has 1 atom stereocenters. The molecule has 0 radical (unpaired) electrons. The van der Waals surface area contributed by atoms with E-state index in [0.717, 1.165) is 25.2 Å². The Morgan fingerprint density at radius 1 is 1.40 bits per heavy atom. The van der Waals surface area contributed by atoms with Crippen LogP contribution in [0.15, 0.2) is 14.4 Å². The molecule has 1 aliphatic rings. The lowest BCUT2D eigenvalue weighted by atomic mass is 9.97. The SMILES string of the molecule is CCc1nnc(SCC(=O)N2CCC[C@H](c3n[nH]c(=O)n3CC)C2)o1. The van der Waals surface area contributed by atoms with Gasteiger partial charge in [-0.2, -0.15) is 5.10 Å². The van der Waals surface area contributed by atoms with Gasteiger partial charge in [-0.25, -0.2) is 9.89 Å². The van der Waals surface area contributed by atoms with Crippen molar-refractivity contribution in [3.05, 3.63) is 22.2 Å². The fourth-order valence-electron chi connectivity index (χ4n) is 3.02. The number of H-pyrrole nitrogens is 1. The second-order valence-corrected chi connectivity index (χ2v) is 6.84. The molecule has 1 saturated heterocycles. The Balaban J connectivity index is 1.60. The van der Waals surface area contributed by atoms with Gasteiger partial charge in [0.25, 0.3) is 5.22 Å². The summed E-state index contributed by atoms with van der Waals surface area (Å²) >= 11 is 1.26. The second kappa shape index (κ2) is 7.85. The molecule has 3 heterocycles. The molecule has 0 aromatic carbocycles. The molecule has 136 valence electrons. The summed E-state index contributed by atoms with van der Waals surface area (Å²) in [6.45, 7) is 5.72. The van der Waals surface area contributed by atoms with E-state index in [1.54, 1.807) is 4.57 Å². The fraction of sp³-hybridized carbons (Fsp3) is 0.667. The lowest BCUT2D eigenvalue weighted by Crippen LogP contribution is -2.41. The van der Waals surface area contributed by atoms with Gasteiger partial charge < -0.3 is 9.32 Å². The normalized spacial score (nSPS) is 17.8. The van der Waals surface area contributed by atoms with Crippen molar-refractivity contribution in [2.24, 2.45) is 0 Å². The predicted octanol–water partition coefficient (Wildman–Crippen LogP) is 1.03. The molecule has 0 spiro atoms. The van der Waals surface area contributed by atoms with Crippen molar-refractivity contribution in [2.75, 3.05) is 18.8 Å². The number of rotatable bonds is 6. The van der Waals surface area contributed by atoms with E-state index in [0.29, 0.717) is 30.6 Å². The van der Waals surface area contributed by atoms with Crippen molar-refractivity contribution in [2.45, 2.75) is 50.8 Å². The van der Waals surface area contributed by atoms with E-state index < -0.39 is 0 Å². The number of aromatic nitrogens is 5. The average Bonchev–Trinajstić information content (AvgIpc) is 3.25. The zero-order chi connectivity index (χ0) is 17.8. The van der Waals surface area contributed by atoms with Crippen LogP contribution in [0, 0.1) is 0 Å². The number of nitrogens with one attached hydrogen (secondary N) is 1. The molecular weight excluding hydrogens is 344 g/mol. The largest absolute Gasteiger partial charge is 0.416 e. The van der Waals surface area contributed by atoms with Crippen molar-refractivity contribution in [3.8, 4) is 0 Å². The summed E-state index contributed by atoms with van der Waals surface area (Å²) in [5.74, 6) is 1.69. The second-order valence-electron chi connectivity index (χ2n) is 5.91. The van der Waals surface area contributed by atoms with Crippen molar-refractivity contribution in [3.63, 3.8) is 0 Å². The Labute approximate surface area is 149 Å². The third-order valence-electron chi connectivity index (χ3n) is 4.31. The van der Waals surface area contributed by atoms with E-state index in [1.807, 2.05) is 18.7 Å². The number of aromatic amines is 1. The van der Waals surface area contributed by atoms with Crippen LogP contribution >= 0.6 is 11.8 Å². The van der Waals surface area contributed by atoms with Gasteiger partial charge in [0, 0.05) is 32.0 Å². The topological polar surface area (TPSA) is 110 Å². The fourth-order valence-corrected chi connectivity index (χ4v) is 3.70. The van der Waals surface area contributed by atoms with Gasteiger partial charge in [-0.15, -0.1) is 10.2 Å². The van der Waals surface area contributed by atoms with Crippen LogP contribution in [0.3, 0.4) is 0 Å². The van der Waals surface area contributed by atoms with Crippen LogP contribution in [-0.2, 0) is 17.8 Å². The number of aryl methyl sites for hydroxylation is 1. The van der Waals surface area contributed by atoms with Gasteiger partial charge in [-0.3, -0.25) is 9.36 Å². The highest BCUT2D eigenvalue weighted by Gasteiger charge is 2.28. The van der Waals surface area contributed by atoms with E-state index >= 15 is 0 Å². The average molecular weight is 366 g/mol. The number of hydrogen-bond donors (Lipinski definition) is 1. The van der Waals surface area contributed by atoms with Crippen LogP contribution in [-0.4, -0.2) is 54.6 Å². The number of piperidine rings is 1. The Hall–Kier alpha value is -2.10. The number of carbonyl (C=O) groups is 1. The molecule has 1 aliphatic heterocycles. The first-order valence-corrected chi connectivity index (χ1v) is 9.49. The Morgan fingerprint density at radius 2 is 2.24 bits per heavy atom. The maximum atomic E-state index is 12.5. The number of likely N-dealkylation sites (tertiary alicyclic amines) is 1. The first-order valence-electron chi connectivity index (χ1n) is 8.50. The number of hydrogen-bond acceptors (Lipinski definition) is 7. The van der Waals surface area contributed by atoms with Gasteiger partial charge in [0.2, 0.25) is 11.8 Å². The number of amides is 1. The van der Waals surface area contributed by atoms with Crippen LogP contribution in [0.5, 0.6) is 0 Å². The maximum Gasteiger partial charge on any atom is 0.343 e. The Bertz CT molecular complexity index is 782. The van der Waals surface area contributed by atoms with Crippen molar-refractivity contribution < 1.29 is 9.21 Å². The third-order valence-corrected chi connectivity index (χ3v) is 5.12. The van der Waals surface area contributed by atoms with Crippen LogP contribution < -0.4 is 5.69 Å². The zero-order valence-corrected chi connectivity index (χ0v) is 15.2. The van der Waals surface area contributed by atoms with E-state index in [2.05, 4.69) is 20.4 Å². The highest BCUT2D eigenvalue weighted by atomic mass is 32.2. The summed E-state index contributed by atoms with van der Waals surface area (Å²) < 4.78 is 7.05. The molecule has 2 aromatic rings. The zero-order valence-electron chi connectivity index (χ0n) is 14.4. The van der Waals surface area contributed by atoms with Crippen LogP contribution in [0.4, 0.5) is 0 Å². The molecule has 0 aliphatic carbocycles. The molecule has 9 nitrogen and oxygen atoms in total. The van der Waals surface area contributed by atoms with Gasteiger partial charge in [0.15, 0.2) is 0 Å². The minimum absolute atomic E-state index is 0.0341. The van der Waals surface area contributed by atoms with E-state index in [-0.39, 0.29) is 23.3 Å². The summed E-state index contributed by atoms with van der Waals surface area (Å²) in [4.78, 5) is 26.1. The summed E-state index contributed by atoms with van der Waals surface area (Å²) in [5, 5.41) is 14.9. The van der Waals surface area contributed by atoms with E-state index in [4.69, 9.17) is 4.42 Å². The Kier molecular flexibility index (Phi) is 5.57. The summed E-state index contributed by atoms with van der Waals surface area (Å²) in [7, 11) is 0. The molecular formula is C15H22N6O3S. The maximum absolute atomic E-state index is 12.5. The summed E-state index contributed by atoms with van der Waals surface area (Å²) in [6, 6.07) is 0. The Morgan fingerprint density at radius 3 is 2.96 bits per heavy atom. The lowest BCUT2D eigenvalue weighted by Gasteiger charge is -2.32. The summed E-state index contributed by atoms with van der Waals surface area (Å²) in [5.41, 5.74) is -0.195. The van der Waals surface area contributed by atoms with Crippen LogP contribution in [0.25, 0.3) is 0 Å². The monoisotopic (exact) mass is 366 g/mol. The molecule has 2 aromatic heterocycles. The minimum Gasteiger partial charge on any atom is -0.416 e. The molecule has 0 bridgehead atoms. The standard InChI is InChI=1S/C15H22N6O3S/c1-3-11-16-19-15(24-11)25-9-12(22)20-7-5-6-10(8-20)13-17-18-14(23)21(13)4-2/h10H,3-9H2,1-2H3,(H,18,23)/t10-/m0/s1. The highest BCUT2D eigenvalue weighted by Crippen LogP contribution is 2.26. The molecule has 3 rings (SSSR count). The molecule has 1 N–H and O–H groups in total. The van der Waals surface area contributed by atoms with E-state index in [9.17, 15) is 9.59 Å². The molecule has 1 amide bonds. The van der Waals surface area contributed by atoms with Gasteiger partial charge >= 0.3 is 5.69 Å². The van der Waals surface area contributed by atoms with Crippen molar-refractivity contribution >= 4 is 17.7 Å². The molecule has 0 saturated carbocycles. The molecule has 0 unspecified atom stereocenters. The number of thioether (sulfide) groups is 1. The van der Waals surface area contributed by atoms with Crippen LogP contribution in [0.1, 0.15) is 44.3 Å². The minimum atomic E-state index is -0.195. The number of nitrogens with zero attached hydrogens (tertiary/aromatic N) is 5. The molecule has 10 heteroatoms. The predicted molar refractivity (Wildman–Crippen MR) is 91.5 cm³/mol. The quantitative estimate of drug-likeness (QED) is 0.760. The lowest BCUT2D eigenvalue weighted by molar-refractivity contribution is -0.129. The first kappa shape index (κ1) is 17.7. The highest BCUT2D eigenvalue weighted by molar-refractivity contribution is 7.99. The summed E-state index contributed by atoms with van der Waals surface area (Å²) in [6.07, 6.45) is 2.50. The van der Waals surface area contributed by atoms with Crippen molar-refractivity contribution in [1.82, 2.24) is 29.9 Å². The van der Waals surface area contributed by atoms with E-state index in [1.165, 1.54) is 11.8 Å². The molecule has 25 heavy (non-hydrogen) atoms. The smallest absolute Gasteiger partial charge is 0.343 e. The molecule has 1 fully saturated rings. The van der Waals surface area contributed by atoms with Gasteiger partial charge in [0.1, 0.15) is 5.82 Å². The van der Waals surface area contributed by atoms with Gasteiger partial charge in [-0.05, 0) is 19.8 Å². The number of carbonyl (C=O) groups excluding carboxylic acids is 1. The third kappa shape index (κ3) is 3.94. The van der Waals surface area contributed by atoms with Crippen molar-refractivity contribution in [1.29, 1.82) is 0 Å². The first-order chi connectivity index (χ1) is 12.1. The van der Waals surface area contributed by atoms with Crippen LogP contribution in [0.2, 0.25) is 0 Å². The van der Waals surface area contributed by atoms with Gasteiger partial charge in [-0.1, -0.05) is 18.7 Å².